The normalized spacial score (nSPS) is 13.0. The number of amides is 3. The molecule has 1 aromatic carbocycles. The summed E-state index contributed by atoms with van der Waals surface area (Å²) in [6.45, 7) is 1.45. The van der Waals surface area contributed by atoms with E-state index in [2.05, 4.69) is 15.6 Å². The second-order valence-corrected chi connectivity index (χ2v) is 6.24. The first-order valence-corrected chi connectivity index (χ1v) is 8.37. The summed E-state index contributed by atoms with van der Waals surface area (Å²) in [5, 5.41) is 5.53. The zero-order valence-electron chi connectivity index (χ0n) is 14.7. The Hall–Kier alpha value is -3.22. The van der Waals surface area contributed by atoms with Gasteiger partial charge >= 0.3 is 0 Å². The van der Waals surface area contributed by atoms with Crippen LogP contribution in [0.1, 0.15) is 30.1 Å². The number of benzene rings is 1. The fourth-order valence-corrected chi connectivity index (χ4v) is 2.45. The molecule has 3 rings (SSSR count). The Bertz CT molecular complexity index is 861. The Morgan fingerprint density at radius 2 is 1.85 bits per heavy atom. The number of nitrogens with zero attached hydrogens (tertiary/aromatic N) is 2. The van der Waals surface area contributed by atoms with Crippen molar-refractivity contribution in [1.82, 2.24) is 4.98 Å². The number of hydrogen-bond donors (Lipinski definition) is 2. The molecule has 0 aliphatic heterocycles. The van der Waals surface area contributed by atoms with E-state index in [9.17, 15) is 14.4 Å². The maximum atomic E-state index is 12.6. The molecule has 1 aliphatic carbocycles. The van der Waals surface area contributed by atoms with Gasteiger partial charge in [-0.3, -0.25) is 14.4 Å². The Kier molecular flexibility index (Phi) is 4.97. The molecular formula is C19H20N4O3. The molecule has 1 aromatic heterocycles. The van der Waals surface area contributed by atoms with E-state index in [1.165, 1.54) is 24.1 Å². The monoisotopic (exact) mass is 352 g/mol. The van der Waals surface area contributed by atoms with E-state index in [1.807, 2.05) is 0 Å². The SMILES string of the molecule is CC(=O)N(C)c1ccccc1NC(=O)c1ccnc(NC(=O)C2CC2)c1. The molecule has 1 aliphatic rings. The van der Waals surface area contributed by atoms with Crippen LogP contribution >= 0.6 is 0 Å². The van der Waals surface area contributed by atoms with Gasteiger partial charge in [-0.15, -0.1) is 0 Å². The molecule has 0 bridgehead atoms. The van der Waals surface area contributed by atoms with Crippen molar-refractivity contribution in [2.45, 2.75) is 19.8 Å². The number of hydrogen-bond acceptors (Lipinski definition) is 4. The number of carbonyl (C=O) groups excluding carboxylic acids is 3. The second kappa shape index (κ2) is 7.35. The van der Waals surface area contributed by atoms with Crippen LogP contribution in [0.2, 0.25) is 0 Å². The number of carbonyl (C=O) groups is 3. The smallest absolute Gasteiger partial charge is 0.255 e. The number of rotatable bonds is 5. The molecule has 26 heavy (non-hydrogen) atoms. The number of para-hydroxylation sites is 2. The summed E-state index contributed by atoms with van der Waals surface area (Å²) in [4.78, 5) is 41.6. The van der Waals surface area contributed by atoms with Crippen LogP contribution in [0, 0.1) is 5.92 Å². The Balaban J connectivity index is 1.76. The summed E-state index contributed by atoms with van der Waals surface area (Å²) in [5.74, 6) is -0.144. The maximum absolute atomic E-state index is 12.6. The molecule has 7 nitrogen and oxygen atoms in total. The van der Waals surface area contributed by atoms with Gasteiger partial charge in [0.1, 0.15) is 5.82 Å². The highest BCUT2D eigenvalue weighted by Gasteiger charge is 2.29. The van der Waals surface area contributed by atoms with Gasteiger partial charge in [-0.05, 0) is 37.1 Å². The Morgan fingerprint density at radius 1 is 1.12 bits per heavy atom. The molecule has 0 unspecified atom stereocenters. The van der Waals surface area contributed by atoms with Crippen molar-refractivity contribution in [3.05, 3.63) is 48.2 Å². The summed E-state index contributed by atoms with van der Waals surface area (Å²) < 4.78 is 0. The fraction of sp³-hybridized carbons (Fsp3) is 0.263. The van der Waals surface area contributed by atoms with Crippen LogP contribution in [-0.4, -0.2) is 29.8 Å². The van der Waals surface area contributed by atoms with Crippen LogP contribution in [0.4, 0.5) is 17.2 Å². The van der Waals surface area contributed by atoms with E-state index in [0.29, 0.717) is 22.8 Å². The van der Waals surface area contributed by atoms with Crippen LogP contribution in [0.15, 0.2) is 42.6 Å². The molecule has 134 valence electrons. The predicted molar refractivity (Wildman–Crippen MR) is 99.1 cm³/mol. The number of nitrogens with one attached hydrogen (secondary N) is 2. The molecule has 1 heterocycles. The Morgan fingerprint density at radius 3 is 2.54 bits per heavy atom. The average molecular weight is 352 g/mol. The third-order valence-electron chi connectivity index (χ3n) is 4.21. The quantitative estimate of drug-likeness (QED) is 0.865. The summed E-state index contributed by atoms with van der Waals surface area (Å²) in [6.07, 6.45) is 3.27. The molecule has 3 amide bonds. The Labute approximate surface area is 151 Å². The second-order valence-electron chi connectivity index (χ2n) is 6.24. The van der Waals surface area contributed by atoms with Crippen molar-refractivity contribution in [1.29, 1.82) is 0 Å². The van der Waals surface area contributed by atoms with E-state index in [-0.39, 0.29) is 23.6 Å². The van der Waals surface area contributed by atoms with Crippen molar-refractivity contribution in [2.24, 2.45) is 5.92 Å². The van der Waals surface area contributed by atoms with Crippen LogP contribution < -0.4 is 15.5 Å². The van der Waals surface area contributed by atoms with E-state index < -0.39 is 0 Å². The molecule has 1 fully saturated rings. The largest absolute Gasteiger partial charge is 0.320 e. The van der Waals surface area contributed by atoms with Crippen LogP contribution in [0.25, 0.3) is 0 Å². The molecular weight excluding hydrogens is 332 g/mol. The van der Waals surface area contributed by atoms with Crippen molar-refractivity contribution < 1.29 is 14.4 Å². The summed E-state index contributed by atoms with van der Waals surface area (Å²) >= 11 is 0. The number of pyridine rings is 1. The van der Waals surface area contributed by atoms with Crippen LogP contribution in [-0.2, 0) is 9.59 Å². The minimum absolute atomic E-state index is 0.0586. The fourth-order valence-electron chi connectivity index (χ4n) is 2.45. The van der Waals surface area contributed by atoms with Gasteiger partial charge in [0.05, 0.1) is 11.4 Å². The van der Waals surface area contributed by atoms with E-state index in [4.69, 9.17) is 0 Å². The molecule has 2 aromatic rings. The first-order valence-electron chi connectivity index (χ1n) is 8.37. The van der Waals surface area contributed by atoms with Gasteiger partial charge in [-0.1, -0.05) is 12.1 Å². The average Bonchev–Trinajstić information content (AvgIpc) is 3.47. The first kappa shape index (κ1) is 17.6. The summed E-state index contributed by atoms with van der Waals surface area (Å²) in [5.41, 5.74) is 1.49. The third-order valence-corrected chi connectivity index (χ3v) is 4.21. The van der Waals surface area contributed by atoms with Gasteiger partial charge in [-0.2, -0.15) is 0 Å². The van der Waals surface area contributed by atoms with Gasteiger partial charge in [-0.25, -0.2) is 4.98 Å². The van der Waals surface area contributed by atoms with Gasteiger partial charge in [0.2, 0.25) is 11.8 Å². The highest BCUT2D eigenvalue weighted by atomic mass is 16.2. The standard InChI is InChI=1S/C19H20N4O3/c1-12(24)23(2)16-6-4-3-5-15(16)21-19(26)14-9-10-20-17(11-14)22-18(25)13-7-8-13/h3-6,9-11,13H,7-8H2,1-2H3,(H,21,26)(H,20,22,25). The summed E-state index contributed by atoms with van der Waals surface area (Å²) in [6, 6.07) is 10.2. The van der Waals surface area contributed by atoms with Crippen LogP contribution in [0.3, 0.4) is 0 Å². The molecule has 0 saturated heterocycles. The molecule has 0 spiro atoms. The topological polar surface area (TPSA) is 91.4 Å². The van der Waals surface area contributed by atoms with Crippen molar-refractivity contribution >= 4 is 34.9 Å². The van der Waals surface area contributed by atoms with E-state index in [1.54, 1.807) is 37.4 Å². The molecule has 7 heteroatoms. The third kappa shape index (κ3) is 4.05. The van der Waals surface area contributed by atoms with E-state index >= 15 is 0 Å². The lowest BCUT2D eigenvalue weighted by molar-refractivity contribution is -0.117. The van der Waals surface area contributed by atoms with Gasteiger partial charge in [0.15, 0.2) is 0 Å². The molecule has 0 radical (unpaired) electrons. The van der Waals surface area contributed by atoms with Crippen molar-refractivity contribution in [3.8, 4) is 0 Å². The zero-order chi connectivity index (χ0) is 18.7. The highest BCUT2D eigenvalue weighted by Crippen LogP contribution is 2.30. The van der Waals surface area contributed by atoms with E-state index in [0.717, 1.165) is 12.8 Å². The summed E-state index contributed by atoms with van der Waals surface area (Å²) in [7, 11) is 1.64. The molecule has 2 N–H and O–H groups in total. The zero-order valence-corrected chi connectivity index (χ0v) is 14.7. The highest BCUT2D eigenvalue weighted by molar-refractivity contribution is 6.08. The van der Waals surface area contributed by atoms with Crippen molar-refractivity contribution in [3.63, 3.8) is 0 Å². The van der Waals surface area contributed by atoms with Gasteiger partial charge in [0.25, 0.3) is 5.91 Å². The first-order chi connectivity index (χ1) is 12.5. The number of anilines is 3. The number of aromatic nitrogens is 1. The van der Waals surface area contributed by atoms with Crippen LogP contribution in [0.5, 0.6) is 0 Å². The minimum Gasteiger partial charge on any atom is -0.320 e. The molecule has 0 atom stereocenters. The molecule has 1 saturated carbocycles. The van der Waals surface area contributed by atoms with Gasteiger partial charge < -0.3 is 15.5 Å². The van der Waals surface area contributed by atoms with Crippen molar-refractivity contribution in [2.75, 3.05) is 22.6 Å². The van der Waals surface area contributed by atoms with Gasteiger partial charge in [0, 0.05) is 31.6 Å². The maximum Gasteiger partial charge on any atom is 0.255 e. The lowest BCUT2D eigenvalue weighted by Crippen LogP contribution is -2.25. The lowest BCUT2D eigenvalue weighted by atomic mass is 10.2. The minimum atomic E-state index is -0.348. The lowest BCUT2D eigenvalue weighted by Gasteiger charge is -2.19. The predicted octanol–water partition coefficient (Wildman–Crippen LogP) is 2.67.